The number of carbonyl (C=O) groups is 1. The normalized spacial score (nSPS) is 8.93. The lowest BCUT2D eigenvalue weighted by Crippen LogP contribution is -2.29. The maximum absolute atomic E-state index is 9.72. The maximum Gasteiger partial charge on any atom is 0.421 e. The standard InChI is InChI=1S/C7H6N2.C2H6N2O2/c1-2-4-7-6(3-1)8-5-9-7;1-6-2(5)4-3/h1-5H,(H,8,9);3H2,1H3,(H,4,5). The quantitative estimate of drug-likeness (QED) is 0.339. The number of aromatic amines is 1. The molecule has 0 fully saturated rings. The summed E-state index contributed by atoms with van der Waals surface area (Å²) < 4.78 is 4.02. The summed E-state index contributed by atoms with van der Waals surface area (Å²) in [5, 5.41) is 0. The average molecular weight is 208 g/mol. The number of fused-ring (bicyclic) bond motifs is 1. The zero-order valence-electron chi connectivity index (χ0n) is 8.23. The van der Waals surface area contributed by atoms with Crippen LogP contribution < -0.4 is 11.3 Å². The zero-order chi connectivity index (χ0) is 11.1. The minimum absolute atomic E-state index is 0.630. The fourth-order valence-corrected chi connectivity index (χ4v) is 0.939. The number of nitrogens with zero attached hydrogens (tertiary/aromatic N) is 1. The summed E-state index contributed by atoms with van der Waals surface area (Å²) in [7, 11) is 1.24. The van der Waals surface area contributed by atoms with Crippen molar-refractivity contribution in [2.75, 3.05) is 7.11 Å². The summed E-state index contributed by atoms with van der Waals surface area (Å²) in [6.07, 6.45) is 1.07. The number of hydrazine groups is 1. The fourth-order valence-electron chi connectivity index (χ4n) is 0.939. The molecule has 15 heavy (non-hydrogen) atoms. The van der Waals surface area contributed by atoms with E-state index in [9.17, 15) is 4.79 Å². The smallest absolute Gasteiger partial charge is 0.421 e. The molecule has 0 radical (unpaired) electrons. The van der Waals surface area contributed by atoms with Gasteiger partial charge in [-0.3, -0.25) is 5.43 Å². The molecule has 0 saturated heterocycles. The van der Waals surface area contributed by atoms with E-state index in [0.717, 1.165) is 11.0 Å². The molecule has 0 saturated carbocycles. The van der Waals surface area contributed by atoms with Crippen LogP contribution in [-0.2, 0) is 4.74 Å². The number of amides is 1. The van der Waals surface area contributed by atoms with E-state index in [1.54, 1.807) is 11.8 Å². The van der Waals surface area contributed by atoms with Crippen LogP contribution >= 0.6 is 0 Å². The molecule has 0 atom stereocenters. The monoisotopic (exact) mass is 208 g/mol. The number of rotatable bonds is 0. The van der Waals surface area contributed by atoms with Crippen molar-refractivity contribution in [3.63, 3.8) is 0 Å². The number of hydrogen-bond acceptors (Lipinski definition) is 4. The molecule has 1 aromatic heterocycles. The Bertz CT molecular complexity index is 390. The van der Waals surface area contributed by atoms with Crippen LogP contribution in [0.15, 0.2) is 30.6 Å². The van der Waals surface area contributed by atoms with Gasteiger partial charge in [0.25, 0.3) is 0 Å². The molecule has 2 rings (SSSR count). The second-order valence-electron chi connectivity index (χ2n) is 2.56. The summed E-state index contributed by atoms with van der Waals surface area (Å²) in [4.78, 5) is 16.8. The molecular formula is C9H12N4O2. The fraction of sp³-hybridized carbons (Fsp3) is 0.111. The van der Waals surface area contributed by atoms with Crippen LogP contribution in [0.3, 0.4) is 0 Å². The number of imidazole rings is 1. The number of hydrogen-bond donors (Lipinski definition) is 3. The van der Waals surface area contributed by atoms with Crippen molar-refractivity contribution in [2.24, 2.45) is 5.84 Å². The van der Waals surface area contributed by atoms with Crippen molar-refractivity contribution in [3.8, 4) is 0 Å². The number of H-pyrrole nitrogens is 1. The third kappa shape index (κ3) is 3.28. The number of aromatic nitrogens is 2. The van der Waals surface area contributed by atoms with E-state index in [2.05, 4.69) is 20.5 Å². The molecule has 80 valence electrons. The van der Waals surface area contributed by atoms with Gasteiger partial charge in [-0.15, -0.1) is 0 Å². The summed E-state index contributed by atoms with van der Waals surface area (Å²) in [6, 6.07) is 7.94. The molecular weight excluding hydrogens is 196 g/mol. The second-order valence-corrected chi connectivity index (χ2v) is 2.56. The van der Waals surface area contributed by atoms with E-state index in [1.807, 2.05) is 24.3 Å². The Balaban J connectivity index is 0.000000167. The highest BCUT2D eigenvalue weighted by molar-refractivity contribution is 5.73. The van der Waals surface area contributed by atoms with Crippen molar-refractivity contribution in [1.82, 2.24) is 15.4 Å². The zero-order valence-corrected chi connectivity index (χ0v) is 8.23. The largest absolute Gasteiger partial charge is 0.452 e. The summed E-state index contributed by atoms with van der Waals surface area (Å²) in [5.74, 6) is 4.56. The number of methoxy groups -OCH3 is 1. The number of benzene rings is 1. The maximum atomic E-state index is 9.72. The van der Waals surface area contributed by atoms with E-state index in [-0.39, 0.29) is 0 Å². The van der Waals surface area contributed by atoms with Gasteiger partial charge >= 0.3 is 6.09 Å². The molecule has 0 spiro atoms. The number of nitrogens with one attached hydrogen (secondary N) is 2. The van der Waals surface area contributed by atoms with Crippen LogP contribution in [0, 0.1) is 0 Å². The molecule has 4 N–H and O–H groups in total. The van der Waals surface area contributed by atoms with Crippen LogP contribution in [-0.4, -0.2) is 23.2 Å². The second kappa shape index (κ2) is 5.61. The number of para-hydroxylation sites is 2. The first-order valence-corrected chi connectivity index (χ1v) is 4.20. The van der Waals surface area contributed by atoms with E-state index in [1.165, 1.54) is 7.11 Å². The lowest BCUT2D eigenvalue weighted by molar-refractivity contribution is 0.171. The molecule has 0 aliphatic rings. The molecule has 6 nitrogen and oxygen atoms in total. The van der Waals surface area contributed by atoms with Gasteiger partial charge in [0.2, 0.25) is 0 Å². The van der Waals surface area contributed by atoms with Crippen molar-refractivity contribution in [1.29, 1.82) is 0 Å². The Hall–Kier alpha value is -2.08. The molecule has 0 aliphatic heterocycles. The Kier molecular flexibility index (Phi) is 4.11. The Labute approximate surface area is 86.4 Å². The van der Waals surface area contributed by atoms with E-state index < -0.39 is 6.09 Å². The number of nitrogens with two attached hydrogens (primary N) is 1. The van der Waals surface area contributed by atoms with Gasteiger partial charge in [0.05, 0.1) is 24.5 Å². The van der Waals surface area contributed by atoms with Gasteiger partial charge in [-0.2, -0.15) is 0 Å². The molecule has 1 aromatic carbocycles. The first-order valence-electron chi connectivity index (χ1n) is 4.20. The first-order chi connectivity index (χ1) is 7.27. The number of carbonyl (C=O) groups excluding carboxylic acids is 1. The van der Waals surface area contributed by atoms with Crippen molar-refractivity contribution < 1.29 is 9.53 Å². The summed E-state index contributed by atoms with van der Waals surface area (Å²) in [5.41, 5.74) is 3.87. The van der Waals surface area contributed by atoms with Crippen LogP contribution in [0.1, 0.15) is 0 Å². The van der Waals surface area contributed by atoms with Crippen molar-refractivity contribution >= 4 is 17.1 Å². The highest BCUT2D eigenvalue weighted by atomic mass is 16.5. The van der Waals surface area contributed by atoms with Crippen LogP contribution in [0.4, 0.5) is 4.79 Å². The molecule has 2 aromatic rings. The molecule has 6 heteroatoms. The lowest BCUT2D eigenvalue weighted by atomic mass is 10.3. The van der Waals surface area contributed by atoms with Crippen LogP contribution in [0.5, 0.6) is 0 Å². The highest BCUT2D eigenvalue weighted by Gasteiger charge is 1.88. The topological polar surface area (TPSA) is 93.0 Å². The van der Waals surface area contributed by atoms with Gasteiger partial charge in [-0.25, -0.2) is 15.6 Å². The molecule has 1 amide bonds. The SMILES string of the molecule is COC(=O)NN.c1ccc2[nH]cnc2c1. The van der Waals surface area contributed by atoms with E-state index in [4.69, 9.17) is 0 Å². The van der Waals surface area contributed by atoms with Crippen molar-refractivity contribution in [3.05, 3.63) is 30.6 Å². The van der Waals surface area contributed by atoms with Gasteiger partial charge in [-0.1, -0.05) is 12.1 Å². The van der Waals surface area contributed by atoms with Gasteiger partial charge in [0, 0.05) is 0 Å². The minimum atomic E-state index is -0.630. The van der Waals surface area contributed by atoms with E-state index >= 15 is 0 Å². The van der Waals surface area contributed by atoms with Crippen molar-refractivity contribution in [2.45, 2.75) is 0 Å². The molecule has 0 unspecified atom stereocenters. The summed E-state index contributed by atoms with van der Waals surface area (Å²) in [6.45, 7) is 0. The Morgan fingerprint density at radius 3 is 2.80 bits per heavy atom. The van der Waals surface area contributed by atoms with Crippen LogP contribution in [0.2, 0.25) is 0 Å². The number of ether oxygens (including phenoxy) is 1. The molecule has 0 bridgehead atoms. The Morgan fingerprint density at radius 1 is 1.53 bits per heavy atom. The molecule has 1 heterocycles. The first kappa shape index (κ1) is 11.0. The predicted molar refractivity (Wildman–Crippen MR) is 55.8 cm³/mol. The lowest BCUT2D eigenvalue weighted by Gasteiger charge is -1.90. The van der Waals surface area contributed by atoms with E-state index in [0.29, 0.717) is 0 Å². The predicted octanol–water partition coefficient (Wildman–Crippen LogP) is 0.779. The third-order valence-corrected chi connectivity index (χ3v) is 1.63. The molecule has 0 aliphatic carbocycles. The van der Waals surface area contributed by atoms with Gasteiger partial charge in [-0.05, 0) is 12.1 Å². The Morgan fingerprint density at radius 2 is 2.27 bits per heavy atom. The summed E-state index contributed by atoms with van der Waals surface area (Å²) >= 11 is 0. The highest BCUT2D eigenvalue weighted by Crippen LogP contribution is 2.05. The van der Waals surface area contributed by atoms with Gasteiger partial charge in [0.15, 0.2) is 0 Å². The van der Waals surface area contributed by atoms with Gasteiger partial charge < -0.3 is 9.72 Å². The van der Waals surface area contributed by atoms with Crippen LogP contribution in [0.25, 0.3) is 11.0 Å². The van der Waals surface area contributed by atoms with Gasteiger partial charge in [0.1, 0.15) is 0 Å². The third-order valence-electron chi connectivity index (χ3n) is 1.63. The average Bonchev–Trinajstić information content (AvgIpc) is 2.76. The minimum Gasteiger partial charge on any atom is -0.452 e.